The Morgan fingerprint density at radius 3 is 2.33 bits per heavy atom. The minimum Gasteiger partial charge on any atom is -0.351 e. The van der Waals surface area contributed by atoms with Crippen LogP contribution in [0.2, 0.25) is 0 Å². The van der Waals surface area contributed by atoms with E-state index in [2.05, 4.69) is 25.5 Å². The SMILES string of the molecule is Cc1cc(C)n(-c2ccc(=O)n(C3CCC(Nc4ncc(C5CC5)cn4)CC3)n2)n1. The zero-order chi connectivity index (χ0) is 20.7. The normalized spacial score (nSPS) is 21.5. The number of anilines is 1. The van der Waals surface area contributed by atoms with Gasteiger partial charge in [0.05, 0.1) is 11.7 Å². The quantitative estimate of drug-likeness (QED) is 0.700. The fourth-order valence-electron chi connectivity index (χ4n) is 4.34. The van der Waals surface area contributed by atoms with Gasteiger partial charge in [-0.1, -0.05) is 0 Å². The van der Waals surface area contributed by atoms with Crippen LogP contribution in [0.4, 0.5) is 5.95 Å². The first-order chi connectivity index (χ1) is 14.6. The Bertz CT molecular complexity index is 1090. The van der Waals surface area contributed by atoms with Crippen LogP contribution in [-0.4, -0.2) is 35.6 Å². The molecule has 8 heteroatoms. The lowest BCUT2D eigenvalue weighted by molar-refractivity contribution is 0.302. The fourth-order valence-corrected chi connectivity index (χ4v) is 4.34. The molecule has 2 fully saturated rings. The highest BCUT2D eigenvalue weighted by Gasteiger charge is 2.26. The number of aryl methyl sites for hydroxylation is 2. The van der Waals surface area contributed by atoms with E-state index in [1.807, 2.05) is 32.3 Å². The van der Waals surface area contributed by atoms with Crippen LogP contribution in [0.1, 0.15) is 67.4 Å². The van der Waals surface area contributed by atoms with E-state index < -0.39 is 0 Å². The van der Waals surface area contributed by atoms with Gasteiger partial charge in [0.1, 0.15) is 0 Å². The molecule has 1 N–H and O–H groups in total. The van der Waals surface area contributed by atoms with Crippen molar-refractivity contribution in [3.05, 3.63) is 57.9 Å². The second-order valence-corrected chi connectivity index (χ2v) is 8.58. The molecule has 30 heavy (non-hydrogen) atoms. The predicted octanol–water partition coefficient (Wildman–Crippen LogP) is 3.31. The molecule has 3 aromatic heterocycles. The average molecular weight is 406 g/mol. The van der Waals surface area contributed by atoms with Crippen LogP contribution < -0.4 is 10.9 Å². The molecule has 2 aliphatic rings. The van der Waals surface area contributed by atoms with Crippen molar-refractivity contribution in [1.82, 2.24) is 29.5 Å². The highest BCUT2D eigenvalue weighted by Crippen LogP contribution is 2.39. The molecule has 0 aromatic carbocycles. The Labute approximate surface area is 175 Å². The molecule has 8 nitrogen and oxygen atoms in total. The fraction of sp³-hybridized carbons (Fsp3) is 0.500. The smallest absolute Gasteiger partial charge is 0.267 e. The van der Waals surface area contributed by atoms with Gasteiger partial charge in [0.15, 0.2) is 5.82 Å². The molecule has 0 spiro atoms. The van der Waals surface area contributed by atoms with E-state index in [-0.39, 0.29) is 11.6 Å². The standard InChI is InChI=1S/C22H27N7O/c1-14-11-15(2)28(26-14)20-9-10-21(30)29(27-20)19-7-5-18(6-8-19)25-22-23-12-17(13-24-22)16-3-4-16/h9-13,16,18-19H,3-8H2,1-2H3,(H,23,24,25). The van der Waals surface area contributed by atoms with Crippen molar-refractivity contribution >= 4 is 5.95 Å². The first kappa shape index (κ1) is 19.0. The zero-order valence-electron chi connectivity index (χ0n) is 17.5. The van der Waals surface area contributed by atoms with Gasteiger partial charge in [-0.15, -0.1) is 5.10 Å². The largest absolute Gasteiger partial charge is 0.351 e. The minimum atomic E-state index is -0.0595. The molecular formula is C22H27N7O. The lowest BCUT2D eigenvalue weighted by Crippen LogP contribution is -2.34. The molecule has 3 heterocycles. The maximum absolute atomic E-state index is 12.5. The molecule has 156 valence electrons. The van der Waals surface area contributed by atoms with E-state index in [1.54, 1.807) is 21.5 Å². The number of nitrogens with zero attached hydrogens (tertiary/aromatic N) is 6. The van der Waals surface area contributed by atoms with E-state index in [1.165, 1.54) is 18.4 Å². The van der Waals surface area contributed by atoms with Gasteiger partial charge in [0, 0.05) is 30.2 Å². The summed E-state index contributed by atoms with van der Waals surface area (Å²) in [5, 5.41) is 12.6. The van der Waals surface area contributed by atoms with Gasteiger partial charge in [0.2, 0.25) is 5.95 Å². The van der Waals surface area contributed by atoms with Crippen molar-refractivity contribution in [2.45, 2.75) is 70.4 Å². The monoisotopic (exact) mass is 405 g/mol. The lowest BCUT2D eigenvalue weighted by atomic mass is 9.91. The number of hydrogen-bond acceptors (Lipinski definition) is 6. The Hall–Kier alpha value is -3.03. The molecule has 0 bridgehead atoms. The van der Waals surface area contributed by atoms with Crippen molar-refractivity contribution < 1.29 is 0 Å². The van der Waals surface area contributed by atoms with Gasteiger partial charge >= 0.3 is 0 Å². The first-order valence-electron chi connectivity index (χ1n) is 10.8. The summed E-state index contributed by atoms with van der Waals surface area (Å²) in [6, 6.07) is 5.77. The number of aromatic nitrogens is 6. The van der Waals surface area contributed by atoms with Crippen LogP contribution >= 0.6 is 0 Å². The van der Waals surface area contributed by atoms with Gasteiger partial charge in [-0.3, -0.25) is 4.79 Å². The summed E-state index contributed by atoms with van der Waals surface area (Å²) in [6.07, 6.45) is 10.1. The molecule has 5 rings (SSSR count). The highest BCUT2D eigenvalue weighted by atomic mass is 16.1. The Balaban J connectivity index is 1.25. The summed E-state index contributed by atoms with van der Waals surface area (Å²) >= 11 is 0. The molecule has 2 aliphatic carbocycles. The number of rotatable bonds is 5. The van der Waals surface area contributed by atoms with E-state index in [9.17, 15) is 4.79 Å². The zero-order valence-corrected chi connectivity index (χ0v) is 17.5. The van der Waals surface area contributed by atoms with E-state index in [4.69, 9.17) is 0 Å². The molecule has 0 amide bonds. The van der Waals surface area contributed by atoms with Crippen molar-refractivity contribution in [2.75, 3.05) is 5.32 Å². The molecule has 0 radical (unpaired) electrons. The summed E-state index contributed by atoms with van der Waals surface area (Å²) in [7, 11) is 0. The van der Waals surface area contributed by atoms with Gasteiger partial charge in [-0.2, -0.15) is 5.10 Å². The van der Waals surface area contributed by atoms with Gasteiger partial charge in [0.25, 0.3) is 5.56 Å². The summed E-state index contributed by atoms with van der Waals surface area (Å²) in [6.45, 7) is 3.95. The van der Waals surface area contributed by atoms with Crippen LogP contribution in [0.15, 0.2) is 35.4 Å². The molecular weight excluding hydrogens is 378 g/mol. The third-order valence-corrected chi connectivity index (χ3v) is 6.13. The third kappa shape index (κ3) is 3.86. The summed E-state index contributed by atoms with van der Waals surface area (Å²) in [5.74, 6) is 2.06. The van der Waals surface area contributed by atoms with E-state index >= 15 is 0 Å². The van der Waals surface area contributed by atoms with Crippen LogP contribution in [0.5, 0.6) is 0 Å². The van der Waals surface area contributed by atoms with Crippen LogP contribution in [0.25, 0.3) is 5.82 Å². The van der Waals surface area contributed by atoms with Crippen molar-refractivity contribution in [3.8, 4) is 5.82 Å². The molecule has 3 aromatic rings. The Kier molecular flexibility index (Phi) is 4.84. The van der Waals surface area contributed by atoms with E-state index in [0.717, 1.165) is 37.1 Å². The average Bonchev–Trinajstić information content (AvgIpc) is 3.54. The van der Waals surface area contributed by atoms with Crippen LogP contribution in [0, 0.1) is 13.8 Å². The van der Waals surface area contributed by atoms with E-state index in [0.29, 0.717) is 23.7 Å². The van der Waals surface area contributed by atoms with Gasteiger partial charge in [-0.25, -0.2) is 19.3 Å². The molecule has 2 saturated carbocycles. The minimum absolute atomic E-state index is 0.0595. The van der Waals surface area contributed by atoms with Crippen LogP contribution in [-0.2, 0) is 0 Å². The topological polar surface area (TPSA) is 90.5 Å². The molecule has 0 atom stereocenters. The second kappa shape index (κ2) is 7.66. The Morgan fingerprint density at radius 1 is 0.967 bits per heavy atom. The lowest BCUT2D eigenvalue weighted by Gasteiger charge is -2.29. The molecule has 0 unspecified atom stereocenters. The second-order valence-electron chi connectivity index (χ2n) is 8.58. The Morgan fingerprint density at radius 2 is 1.70 bits per heavy atom. The van der Waals surface area contributed by atoms with Crippen molar-refractivity contribution in [2.24, 2.45) is 0 Å². The van der Waals surface area contributed by atoms with Crippen molar-refractivity contribution in [1.29, 1.82) is 0 Å². The molecule has 0 aliphatic heterocycles. The highest BCUT2D eigenvalue weighted by molar-refractivity contribution is 5.29. The predicted molar refractivity (Wildman–Crippen MR) is 114 cm³/mol. The van der Waals surface area contributed by atoms with Crippen LogP contribution in [0.3, 0.4) is 0 Å². The third-order valence-electron chi connectivity index (χ3n) is 6.13. The molecule has 0 saturated heterocycles. The maximum Gasteiger partial charge on any atom is 0.267 e. The number of nitrogens with one attached hydrogen (secondary N) is 1. The summed E-state index contributed by atoms with van der Waals surface area (Å²) in [5.41, 5.74) is 3.13. The summed E-state index contributed by atoms with van der Waals surface area (Å²) in [4.78, 5) is 21.5. The van der Waals surface area contributed by atoms with Gasteiger partial charge < -0.3 is 5.32 Å². The van der Waals surface area contributed by atoms with Crippen molar-refractivity contribution in [3.63, 3.8) is 0 Å². The first-order valence-corrected chi connectivity index (χ1v) is 10.8. The number of hydrogen-bond donors (Lipinski definition) is 1. The maximum atomic E-state index is 12.5. The summed E-state index contributed by atoms with van der Waals surface area (Å²) < 4.78 is 3.43. The van der Waals surface area contributed by atoms with Gasteiger partial charge in [-0.05, 0) is 76.0 Å².